The van der Waals surface area contributed by atoms with E-state index in [4.69, 9.17) is 5.73 Å². The van der Waals surface area contributed by atoms with Crippen molar-refractivity contribution in [2.75, 3.05) is 13.1 Å². The lowest BCUT2D eigenvalue weighted by atomic mass is 9.93. The van der Waals surface area contributed by atoms with Gasteiger partial charge in [-0.3, -0.25) is 4.79 Å². The molecule has 0 spiro atoms. The van der Waals surface area contributed by atoms with Crippen LogP contribution in [0.5, 0.6) is 0 Å². The SMILES string of the molecule is CCC(=O)CC[C@H](CCCCN)NC(=O)NC[C@@H](CC)C(C)C. The van der Waals surface area contributed by atoms with Crippen LogP contribution in [0.15, 0.2) is 0 Å². The second-order valence-corrected chi connectivity index (χ2v) is 6.68. The fraction of sp³-hybridized carbons (Fsp3) is 0.889. The van der Waals surface area contributed by atoms with Gasteiger partial charge in [0.05, 0.1) is 0 Å². The summed E-state index contributed by atoms with van der Waals surface area (Å²) < 4.78 is 0. The van der Waals surface area contributed by atoms with Crippen molar-refractivity contribution in [1.82, 2.24) is 10.6 Å². The number of hydrogen-bond acceptors (Lipinski definition) is 3. The summed E-state index contributed by atoms with van der Waals surface area (Å²) in [7, 11) is 0. The molecule has 0 aliphatic carbocycles. The van der Waals surface area contributed by atoms with E-state index >= 15 is 0 Å². The van der Waals surface area contributed by atoms with Gasteiger partial charge >= 0.3 is 6.03 Å². The summed E-state index contributed by atoms with van der Waals surface area (Å²) in [6.45, 7) is 9.75. The summed E-state index contributed by atoms with van der Waals surface area (Å²) in [5, 5.41) is 6.01. The molecule has 5 nitrogen and oxygen atoms in total. The molecule has 0 aromatic rings. The predicted octanol–water partition coefficient (Wildman–Crippen LogP) is 3.22. The van der Waals surface area contributed by atoms with Gasteiger partial charge < -0.3 is 16.4 Å². The van der Waals surface area contributed by atoms with Crippen molar-refractivity contribution in [2.45, 2.75) is 78.7 Å². The van der Waals surface area contributed by atoms with Gasteiger partial charge in [0.1, 0.15) is 5.78 Å². The van der Waals surface area contributed by atoms with Crippen LogP contribution in [0.1, 0.15) is 72.6 Å². The van der Waals surface area contributed by atoms with Crippen LogP contribution >= 0.6 is 0 Å². The smallest absolute Gasteiger partial charge is 0.315 e. The van der Waals surface area contributed by atoms with Gasteiger partial charge in [-0.25, -0.2) is 4.79 Å². The van der Waals surface area contributed by atoms with Crippen LogP contribution in [0.2, 0.25) is 0 Å². The van der Waals surface area contributed by atoms with E-state index in [9.17, 15) is 9.59 Å². The Bertz CT molecular complexity index is 332. The van der Waals surface area contributed by atoms with Gasteiger partial charge in [0.15, 0.2) is 0 Å². The monoisotopic (exact) mass is 327 g/mol. The number of carbonyl (C=O) groups is 2. The summed E-state index contributed by atoms with van der Waals surface area (Å²) in [5.74, 6) is 1.31. The Labute approximate surface area is 142 Å². The lowest BCUT2D eigenvalue weighted by molar-refractivity contribution is -0.118. The topological polar surface area (TPSA) is 84.2 Å². The molecule has 0 aliphatic rings. The Hall–Kier alpha value is -1.10. The number of nitrogens with one attached hydrogen (secondary N) is 2. The van der Waals surface area contributed by atoms with Crippen LogP contribution in [-0.4, -0.2) is 30.9 Å². The van der Waals surface area contributed by atoms with Gasteiger partial charge in [-0.15, -0.1) is 0 Å². The van der Waals surface area contributed by atoms with E-state index in [-0.39, 0.29) is 17.9 Å². The van der Waals surface area contributed by atoms with Crippen LogP contribution in [0.3, 0.4) is 0 Å². The molecule has 5 heteroatoms. The average molecular weight is 328 g/mol. The maximum absolute atomic E-state index is 12.1. The first-order valence-corrected chi connectivity index (χ1v) is 9.20. The quantitative estimate of drug-likeness (QED) is 0.454. The summed E-state index contributed by atoms with van der Waals surface area (Å²) in [5.41, 5.74) is 5.53. The second kappa shape index (κ2) is 13.3. The number of Topliss-reactive ketones (excluding diaryl/α,β-unsaturated/α-hetero) is 1. The average Bonchev–Trinajstić information content (AvgIpc) is 2.52. The number of amides is 2. The zero-order valence-electron chi connectivity index (χ0n) is 15.5. The Morgan fingerprint density at radius 2 is 1.78 bits per heavy atom. The molecule has 0 saturated heterocycles. The molecule has 0 radical (unpaired) electrons. The van der Waals surface area contributed by atoms with Gasteiger partial charge in [-0.05, 0) is 37.6 Å². The summed E-state index contributed by atoms with van der Waals surface area (Å²) in [6, 6.07) is -0.0676. The van der Waals surface area contributed by atoms with Crippen molar-refractivity contribution in [3.8, 4) is 0 Å². The number of unbranched alkanes of at least 4 members (excludes halogenated alkanes) is 1. The van der Waals surface area contributed by atoms with Gasteiger partial charge in [-0.1, -0.05) is 40.5 Å². The zero-order valence-corrected chi connectivity index (χ0v) is 15.5. The maximum Gasteiger partial charge on any atom is 0.315 e. The number of rotatable bonds is 13. The van der Waals surface area contributed by atoms with Crippen molar-refractivity contribution in [3.63, 3.8) is 0 Å². The van der Waals surface area contributed by atoms with E-state index in [2.05, 4.69) is 31.4 Å². The Morgan fingerprint density at radius 3 is 2.30 bits per heavy atom. The first kappa shape index (κ1) is 21.9. The molecular formula is C18H37N3O2. The first-order valence-electron chi connectivity index (χ1n) is 9.20. The highest BCUT2D eigenvalue weighted by Crippen LogP contribution is 2.13. The third-order valence-electron chi connectivity index (χ3n) is 4.50. The normalized spacial score (nSPS) is 13.7. The summed E-state index contributed by atoms with van der Waals surface area (Å²) in [6.07, 6.45) is 5.68. The summed E-state index contributed by atoms with van der Waals surface area (Å²) in [4.78, 5) is 23.6. The van der Waals surface area contributed by atoms with E-state index in [0.29, 0.717) is 44.2 Å². The molecule has 0 unspecified atom stereocenters. The van der Waals surface area contributed by atoms with E-state index in [0.717, 1.165) is 25.7 Å². The number of hydrogen-bond donors (Lipinski definition) is 3. The van der Waals surface area contributed by atoms with Crippen molar-refractivity contribution in [2.24, 2.45) is 17.6 Å². The standard InChI is InChI=1S/C18H37N3O2/c1-5-15(14(3)4)13-20-18(23)21-16(9-7-8-12-19)10-11-17(22)6-2/h14-16H,5-13,19H2,1-4H3,(H2,20,21,23)/t15-,16+/m1/s1. The van der Waals surface area contributed by atoms with Crippen molar-refractivity contribution in [3.05, 3.63) is 0 Å². The number of urea groups is 1. The maximum atomic E-state index is 12.1. The first-order chi connectivity index (χ1) is 10.9. The number of carbonyl (C=O) groups excluding carboxylic acids is 2. The third-order valence-corrected chi connectivity index (χ3v) is 4.50. The molecule has 0 bridgehead atoms. The largest absolute Gasteiger partial charge is 0.338 e. The highest BCUT2D eigenvalue weighted by Gasteiger charge is 2.16. The van der Waals surface area contributed by atoms with E-state index in [1.165, 1.54) is 0 Å². The lowest BCUT2D eigenvalue weighted by Crippen LogP contribution is -2.44. The van der Waals surface area contributed by atoms with Crippen molar-refractivity contribution >= 4 is 11.8 Å². The van der Waals surface area contributed by atoms with Crippen LogP contribution < -0.4 is 16.4 Å². The molecule has 0 aliphatic heterocycles. The fourth-order valence-corrected chi connectivity index (χ4v) is 2.65. The molecule has 0 saturated carbocycles. The van der Waals surface area contributed by atoms with Crippen molar-refractivity contribution in [1.29, 1.82) is 0 Å². The van der Waals surface area contributed by atoms with E-state index in [1.807, 2.05) is 6.92 Å². The fourth-order valence-electron chi connectivity index (χ4n) is 2.65. The molecule has 0 rings (SSSR count). The molecule has 0 fully saturated rings. The lowest BCUT2D eigenvalue weighted by Gasteiger charge is -2.22. The molecule has 2 amide bonds. The molecule has 4 N–H and O–H groups in total. The third kappa shape index (κ3) is 11.1. The van der Waals surface area contributed by atoms with Crippen molar-refractivity contribution < 1.29 is 9.59 Å². The predicted molar refractivity (Wildman–Crippen MR) is 96.4 cm³/mol. The number of nitrogens with two attached hydrogens (primary N) is 1. The Morgan fingerprint density at radius 1 is 1.09 bits per heavy atom. The molecule has 0 heterocycles. The van der Waals surface area contributed by atoms with Gasteiger partial charge in [0.25, 0.3) is 0 Å². The molecule has 136 valence electrons. The minimum absolute atomic E-state index is 0.0520. The van der Waals surface area contributed by atoms with E-state index in [1.54, 1.807) is 0 Å². The molecule has 0 aromatic carbocycles. The van der Waals surface area contributed by atoms with Crippen LogP contribution in [-0.2, 0) is 4.79 Å². The minimum atomic E-state index is -0.120. The van der Waals surface area contributed by atoms with Crippen LogP contribution in [0, 0.1) is 11.8 Å². The Kier molecular flexibility index (Phi) is 12.7. The number of ketones is 1. The van der Waals surface area contributed by atoms with Crippen LogP contribution in [0.25, 0.3) is 0 Å². The zero-order chi connectivity index (χ0) is 17.7. The van der Waals surface area contributed by atoms with Crippen LogP contribution in [0.4, 0.5) is 4.79 Å². The second-order valence-electron chi connectivity index (χ2n) is 6.68. The molecule has 23 heavy (non-hydrogen) atoms. The highest BCUT2D eigenvalue weighted by molar-refractivity contribution is 5.78. The molecule has 0 aromatic heterocycles. The molecule has 2 atom stereocenters. The van der Waals surface area contributed by atoms with Gasteiger partial charge in [0.2, 0.25) is 0 Å². The highest BCUT2D eigenvalue weighted by atomic mass is 16.2. The Balaban J connectivity index is 4.31. The minimum Gasteiger partial charge on any atom is -0.338 e. The summed E-state index contributed by atoms with van der Waals surface area (Å²) >= 11 is 0. The van der Waals surface area contributed by atoms with E-state index < -0.39 is 0 Å². The van der Waals surface area contributed by atoms with Gasteiger partial charge in [-0.2, -0.15) is 0 Å². The molecular weight excluding hydrogens is 290 g/mol. The van der Waals surface area contributed by atoms with Gasteiger partial charge in [0, 0.05) is 25.4 Å².